The first-order valence-electron chi connectivity index (χ1n) is 5.23. The number of halogens is 1. The van der Waals surface area contributed by atoms with Crippen molar-refractivity contribution in [2.45, 2.75) is 0 Å². The van der Waals surface area contributed by atoms with Crippen LogP contribution in [0.4, 0.5) is 4.39 Å². The Hall–Kier alpha value is -1.73. The molecule has 1 aromatic heterocycles. The molecular weight excluding hydrogens is 245 g/mol. The number of ether oxygens (including phenoxy) is 3. The molecule has 0 atom stereocenters. The standard InChI is InChI=1S/C11H14FNO5/c1-16-2-3-17-4-5-18-10-9(11(14)15)6-8(12)7-13-10/h6-7H,2-5H2,1H3,(H,14,15). The smallest absolute Gasteiger partial charge is 0.341 e. The Morgan fingerprint density at radius 2 is 2.11 bits per heavy atom. The average Bonchev–Trinajstić information content (AvgIpc) is 2.35. The van der Waals surface area contributed by atoms with Gasteiger partial charge in [0, 0.05) is 7.11 Å². The second kappa shape index (κ2) is 7.57. The number of hydrogen-bond donors (Lipinski definition) is 1. The van der Waals surface area contributed by atoms with Crippen LogP contribution >= 0.6 is 0 Å². The molecule has 0 unspecified atom stereocenters. The lowest BCUT2D eigenvalue weighted by Crippen LogP contribution is -2.12. The molecule has 0 aliphatic carbocycles. The fourth-order valence-corrected chi connectivity index (χ4v) is 1.14. The van der Waals surface area contributed by atoms with Crippen LogP contribution in [0, 0.1) is 5.82 Å². The minimum absolute atomic E-state index is 0.126. The predicted molar refractivity (Wildman–Crippen MR) is 59.3 cm³/mol. The molecule has 0 spiro atoms. The monoisotopic (exact) mass is 259 g/mol. The highest BCUT2D eigenvalue weighted by molar-refractivity contribution is 5.90. The van der Waals surface area contributed by atoms with Crippen LogP contribution in [-0.2, 0) is 9.47 Å². The molecule has 0 aliphatic heterocycles. The number of nitrogens with zero attached hydrogens (tertiary/aromatic N) is 1. The van der Waals surface area contributed by atoms with Crippen LogP contribution in [0.15, 0.2) is 12.3 Å². The number of aromatic carboxylic acids is 1. The number of carboxylic acids is 1. The van der Waals surface area contributed by atoms with E-state index >= 15 is 0 Å². The Bertz CT molecular complexity index is 399. The third kappa shape index (κ3) is 4.64. The Kier molecular flexibility index (Phi) is 6.03. The number of hydrogen-bond acceptors (Lipinski definition) is 5. The Morgan fingerprint density at radius 1 is 1.39 bits per heavy atom. The molecule has 18 heavy (non-hydrogen) atoms. The lowest BCUT2D eigenvalue weighted by Gasteiger charge is -2.08. The molecule has 0 aliphatic rings. The van der Waals surface area contributed by atoms with Crippen molar-refractivity contribution in [3.05, 3.63) is 23.6 Å². The van der Waals surface area contributed by atoms with Gasteiger partial charge in [-0.2, -0.15) is 0 Å². The average molecular weight is 259 g/mol. The summed E-state index contributed by atoms with van der Waals surface area (Å²) in [6.07, 6.45) is 0.896. The summed E-state index contributed by atoms with van der Waals surface area (Å²) in [6, 6.07) is 0.858. The molecule has 0 amide bonds. The van der Waals surface area contributed by atoms with Crippen molar-refractivity contribution in [3.63, 3.8) is 0 Å². The number of carbonyl (C=O) groups is 1. The third-order valence-corrected chi connectivity index (χ3v) is 1.95. The minimum atomic E-state index is -1.29. The Labute approximate surface area is 103 Å². The first kappa shape index (κ1) is 14.3. The SMILES string of the molecule is COCCOCCOc1ncc(F)cc1C(=O)O. The van der Waals surface area contributed by atoms with Gasteiger partial charge in [-0.1, -0.05) is 0 Å². The molecule has 100 valence electrons. The van der Waals surface area contributed by atoms with Gasteiger partial charge < -0.3 is 19.3 Å². The number of pyridine rings is 1. The van der Waals surface area contributed by atoms with E-state index in [0.717, 1.165) is 12.3 Å². The maximum absolute atomic E-state index is 12.8. The first-order chi connectivity index (χ1) is 8.65. The van der Waals surface area contributed by atoms with E-state index < -0.39 is 11.8 Å². The maximum atomic E-state index is 12.8. The number of methoxy groups -OCH3 is 1. The fourth-order valence-electron chi connectivity index (χ4n) is 1.14. The van der Waals surface area contributed by atoms with E-state index in [1.807, 2.05) is 0 Å². The predicted octanol–water partition coefficient (Wildman–Crippen LogP) is 0.961. The summed E-state index contributed by atoms with van der Waals surface area (Å²) in [5.41, 5.74) is -0.313. The van der Waals surface area contributed by atoms with Crippen molar-refractivity contribution in [2.75, 3.05) is 33.5 Å². The van der Waals surface area contributed by atoms with Gasteiger partial charge in [-0.15, -0.1) is 0 Å². The van der Waals surface area contributed by atoms with Crippen LogP contribution in [0.3, 0.4) is 0 Å². The lowest BCUT2D eigenvalue weighted by molar-refractivity contribution is 0.0526. The molecule has 1 N–H and O–H groups in total. The molecule has 0 aromatic carbocycles. The van der Waals surface area contributed by atoms with Gasteiger partial charge in [0.2, 0.25) is 5.88 Å². The van der Waals surface area contributed by atoms with Gasteiger partial charge in [0.1, 0.15) is 18.0 Å². The quantitative estimate of drug-likeness (QED) is 0.701. The summed E-state index contributed by atoms with van der Waals surface area (Å²) in [5, 5.41) is 8.83. The van der Waals surface area contributed by atoms with Gasteiger partial charge in [-0.25, -0.2) is 14.2 Å². The highest BCUT2D eigenvalue weighted by Gasteiger charge is 2.14. The van der Waals surface area contributed by atoms with E-state index in [4.69, 9.17) is 19.3 Å². The second-order valence-electron chi connectivity index (χ2n) is 3.27. The fraction of sp³-hybridized carbons (Fsp3) is 0.455. The molecule has 1 rings (SSSR count). The van der Waals surface area contributed by atoms with Crippen molar-refractivity contribution in [1.29, 1.82) is 0 Å². The summed E-state index contributed by atoms with van der Waals surface area (Å²) < 4.78 is 27.8. The molecule has 0 radical (unpaired) electrons. The zero-order valence-electron chi connectivity index (χ0n) is 9.89. The Morgan fingerprint density at radius 3 is 2.78 bits per heavy atom. The molecule has 0 saturated carbocycles. The molecule has 7 heteroatoms. The number of aromatic nitrogens is 1. The van der Waals surface area contributed by atoms with Crippen molar-refractivity contribution in [3.8, 4) is 5.88 Å². The van der Waals surface area contributed by atoms with Crippen LogP contribution in [0.2, 0.25) is 0 Å². The van der Waals surface area contributed by atoms with Crippen molar-refractivity contribution >= 4 is 5.97 Å². The van der Waals surface area contributed by atoms with Crippen LogP contribution in [-0.4, -0.2) is 49.6 Å². The number of carboxylic acid groups (broad SMARTS) is 1. The third-order valence-electron chi connectivity index (χ3n) is 1.95. The molecule has 0 saturated heterocycles. The molecule has 0 fully saturated rings. The van der Waals surface area contributed by atoms with Crippen LogP contribution in [0.5, 0.6) is 5.88 Å². The molecule has 6 nitrogen and oxygen atoms in total. The minimum Gasteiger partial charge on any atom is -0.477 e. The van der Waals surface area contributed by atoms with E-state index in [1.54, 1.807) is 7.11 Å². The van der Waals surface area contributed by atoms with Crippen LogP contribution in [0.1, 0.15) is 10.4 Å². The van der Waals surface area contributed by atoms with E-state index in [2.05, 4.69) is 4.98 Å². The van der Waals surface area contributed by atoms with Gasteiger partial charge >= 0.3 is 5.97 Å². The van der Waals surface area contributed by atoms with Crippen molar-refractivity contribution in [2.24, 2.45) is 0 Å². The van der Waals surface area contributed by atoms with Gasteiger partial charge in [-0.05, 0) is 6.07 Å². The lowest BCUT2D eigenvalue weighted by atomic mass is 10.3. The second-order valence-corrected chi connectivity index (χ2v) is 3.27. The van der Waals surface area contributed by atoms with Gasteiger partial charge in [-0.3, -0.25) is 0 Å². The first-order valence-corrected chi connectivity index (χ1v) is 5.23. The summed E-state index contributed by atoms with van der Waals surface area (Å²) in [4.78, 5) is 14.4. The molecule has 1 aromatic rings. The largest absolute Gasteiger partial charge is 0.477 e. The molecule has 0 bridgehead atoms. The van der Waals surface area contributed by atoms with Gasteiger partial charge in [0.05, 0.1) is 26.0 Å². The molecular formula is C11H14FNO5. The zero-order valence-corrected chi connectivity index (χ0v) is 9.89. The highest BCUT2D eigenvalue weighted by atomic mass is 19.1. The maximum Gasteiger partial charge on any atom is 0.341 e. The normalized spacial score (nSPS) is 10.3. The number of rotatable bonds is 8. The summed E-state index contributed by atoms with van der Waals surface area (Å²) >= 11 is 0. The highest BCUT2D eigenvalue weighted by Crippen LogP contribution is 2.15. The summed E-state index contributed by atoms with van der Waals surface area (Å²) in [7, 11) is 1.56. The zero-order chi connectivity index (χ0) is 13.4. The van der Waals surface area contributed by atoms with Crippen LogP contribution in [0.25, 0.3) is 0 Å². The summed E-state index contributed by atoms with van der Waals surface area (Å²) in [5.74, 6) is -2.15. The van der Waals surface area contributed by atoms with E-state index in [1.165, 1.54) is 0 Å². The van der Waals surface area contributed by atoms with Gasteiger partial charge in [0.15, 0.2) is 0 Å². The summed E-state index contributed by atoms with van der Waals surface area (Å²) in [6.45, 7) is 1.28. The van der Waals surface area contributed by atoms with Gasteiger partial charge in [0.25, 0.3) is 0 Å². The topological polar surface area (TPSA) is 77.9 Å². The van der Waals surface area contributed by atoms with Crippen LogP contribution < -0.4 is 4.74 Å². The van der Waals surface area contributed by atoms with Crippen molar-refractivity contribution < 1.29 is 28.5 Å². The van der Waals surface area contributed by atoms with E-state index in [0.29, 0.717) is 13.2 Å². The van der Waals surface area contributed by atoms with E-state index in [9.17, 15) is 9.18 Å². The Balaban J connectivity index is 2.44. The molecule has 1 heterocycles. The van der Waals surface area contributed by atoms with Crippen molar-refractivity contribution in [1.82, 2.24) is 4.98 Å². The van der Waals surface area contributed by atoms with E-state index in [-0.39, 0.29) is 24.7 Å².